The van der Waals surface area contributed by atoms with E-state index in [0.29, 0.717) is 11.8 Å². The van der Waals surface area contributed by atoms with Crippen LogP contribution in [0, 0.1) is 17.8 Å². The lowest BCUT2D eigenvalue weighted by Gasteiger charge is -2.17. The van der Waals surface area contributed by atoms with Crippen molar-refractivity contribution in [2.75, 3.05) is 0 Å². The third-order valence-electron chi connectivity index (χ3n) is 3.32. The molecule has 0 spiro atoms. The molecule has 1 unspecified atom stereocenters. The van der Waals surface area contributed by atoms with Gasteiger partial charge in [0.15, 0.2) is 0 Å². The highest BCUT2D eigenvalue weighted by Gasteiger charge is 2.41. The van der Waals surface area contributed by atoms with Gasteiger partial charge in [-0.15, -0.1) is 0 Å². The van der Waals surface area contributed by atoms with Gasteiger partial charge in [0, 0.05) is 5.92 Å². The molecule has 2 bridgehead atoms. The van der Waals surface area contributed by atoms with Gasteiger partial charge >= 0.3 is 0 Å². The van der Waals surface area contributed by atoms with E-state index in [0.717, 1.165) is 18.6 Å². The summed E-state index contributed by atoms with van der Waals surface area (Å²) in [5, 5.41) is 0. The fraction of sp³-hybridized carbons (Fsp3) is 0.700. The third kappa shape index (κ3) is 0.943. The molecule has 2 aliphatic carbocycles. The molecule has 3 atom stereocenters. The lowest BCUT2D eigenvalue weighted by Crippen LogP contribution is -2.12. The number of carbonyl (C=O) groups excluding carboxylic acids is 1. The van der Waals surface area contributed by atoms with E-state index in [2.05, 4.69) is 13.0 Å². The Kier molecular flexibility index (Phi) is 1.59. The van der Waals surface area contributed by atoms with Crippen LogP contribution in [0.3, 0.4) is 0 Å². The molecule has 0 aromatic heterocycles. The highest BCUT2D eigenvalue weighted by atomic mass is 16.1. The second-order valence-corrected chi connectivity index (χ2v) is 3.80. The Labute approximate surface area is 67.5 Å². The smallest absolute Gasteiger partial charge is 0.123 e. The summed E-state index contributed by atoms with van der Waals surface area (Å²) >= 11 is 0. The number of rotatable bonds is 1. The second-order valence-electron chi connectivity index (χ2n) is 3.80. The summed E-state index contributed by atoms with van der Waals surface area (Å²) < 4.78 is 0. The van der Waals surface area contributed by atoms with Gasteiger partial charge in [-0.1, -0.05) is 11.6 Å². The van der Waals surface area contributed by atoms with Crippen LogP contribution >= 0.6 is 0 Å². The Morgan fingerprint density at radius 1 is 1.45 bits per heavy atom. The molecular formula is C10H14O. The van der Waals surface area contributed by atoms with Crippen LogP contribution in [0.2, 0.25) is 0 Å². The van der Waals surface area contributed by atoms with Gasteiger partial charge in [0.05, 0.1) is 0 Å². The fourth-order valence-corrected chi connectivity index (χ4v) is 2.68. The molecule has 0 radical (unpaired) electrons. The largest absolute Gasteiger partial charge is 0.303 e. The summed E-state index contributed by atoms with van der Waals surface area (Å²) in [6.07, 6.45) is 7.02. The van der Waals surface area contributed by atoms with Crippen LogP contribution in [0.1, 0.15) is 26.2 Å². The predicted octanol–water partition coefficient (Wildman–Crippen LogP) is 2.18. The van der Waals surface area contributed by atoms with E-state index in [1.807, 2.05) is 0 Å². The van der Waals surface area contributed by atoms with E-state index >= 15 is 0 Å². The first-order valence-corrected chi connectivity index (χ1v) is 4.45. The number of carbonyl (C=O) groups is 1. The molecular weight excluding hydrogens is 136 g/mol. The number of allylic oxidation sites excluding steroid dienone is 2. The van der Waals surface area contributed by atoms with E-state index in [1.165, 1.54) is 12.8 Å². The normalized spacial score (nSPS) is 45.2. The van der Waals surface area contributed by atoms with Crippen molar-refractivity contribution in [1.82, 2.24) is 0 Å². The molecule has 2 rings (SSSR count). The molecule has 0 heterocycles. The van der Waals surface area contributed by atoms with Crippen LogP contribution in [0.4, 0.5) is 0 Å². The number of aldehydes is 1. The monoisotopic (exact) mass is 150 g/mol. The third-order valence-corrected chi connectivity index (χ3v) is 3.32. The minimum absolute atomic E-state index is 0.392. The van der Waals surface area contributed by atoms with Gasteiger partial charge < -0.3 is 4.79 Å². The van der Waals surface area contributed by atoms with Gasteiger partial charge in [-0.3, -0.25) is 0 Å². The van der Waals surface area contributed by atoms with Crippen molar-refractivity contribution in [2.24, 2.45) is 17.8 Å². The van der Waals surface area contributed by atoms with Crippen LogP contribution in [0.5, 0.6) is 0 Å². The zero-order chi connectivity index (χ0) is 7.84. The highest BCUT2D eigenvalue weighted by molar-refractivity contribution is 5.56. The van der Waals surface area contributed by atoms with E-state index in [4.69, 9.17) is 0 Å². The molecule has 11 heavy (non-hydrogen) atoms. The molecule has 0 aromatic rings. The molecule has 0 amide bonds. The SMILES string of the molecule is C/C=C1/C[C@@H]2C[C@H]1CC2C=O. The zero-order valence-corrected chi connectivity index (χ0v) is 6.92. The Bertz CT molecular complexity index is 205. The molecule has 1 nitrogen and oxygen atoms in total. The highest BCUT2D eigenvalue weighted by Crippen LogP contribution is 2.50. The Balaban J connectivity index is 2.14. The molecule has 2 aliphatic rings. The summed E-state index contributed by atoms with van der Waals surface area (Å²) in [5.41, 5.74) is 1.60. The molecule has 0 aromatic carbocycles. The second kappa shape index (κ2) is 2.47. The van der Waals surface area contributed by atoms with Crippen molar-refractivity contribution in [1.29, 1.82) is 0 Å². The Morgan fingerprint density at radius 3 is 2.73 bits per heavy atom. The van der Waals surface area contributed by atoms with Gasteiger partial charge in [-0.05, 0) is 38.0 Å². The summed E-state index contributed by atoms with van der Waals surface area (Å²) in [6, 6.07) is 0. The summed E-state index contributed by atoms with van der Waals surface area (Å²) in [4.78, 5) is 10.6. The zero-order valence-electron chi connectivity index (χ0n) is 6.92. The number of fused-ring (bicyclic) bond motifs is 2. The first-order valence-electron chi connectivity index (χ1n) is 4.45. The van der Waals surface area contributed by atoms with Gasteiger partial charge in [-0.25, -0.2) is 0 Å². The van der Waals surface area contributed by atoms with E-state index in [-0.39, 0.29) is 0 Å². The quantitative estimate of drug-likeness (QED) is 0.413. The first kappa shape index (κ1) is 7.08. The van der Waals surface area contributed by atoms with E-state index in [1.54, 1.807) is 5.57 Å². The standard InChI is InChI=1S/C10H14O/c1-2-7-3-9-4-8(7)5-10(9)6-11/h2,6,8-10H,3-5H2,1H3/b7-2-/t8-,9+,10?/m0/s1. The van der Waals surface area contributed by atoms with Crippen molar-refractivity contribution in [3.8, 4) is 0 Å². The van der Waals surface area contributed by atoms with Crippen LogP contribution in [-0.2, 0) is 4.79 Å². The number of hydrogen-bond donors (Lipinski definition) is 0. The molecule has 2 fully saturated rings. The van der Waals surface area contributed by atoms with E-state index < -0.39 is 0 Å². The molecule has 0 aliphatic heterocycles. The van der Waals surface area contributed by atoms with Crippen LogP contribution in [-0.4, -0.2) is 6.29 Å². The molecule has 0 N–H and O–H groups in total. The fourth-order valence-electron chi connectivity index (χ4n) is 2.68. The molecule has 2 saturated carbocycles. The summed E-state index contributed by atoms with van der Waals surface area (Å²) in [6.45, 7) is 2.12. The first-order chi connectivity index (χ1) is 5.35. The maximum absolute atomic E-state index is 10.6. The van der Waals surface area contributed by atoms with Gasteiger partial charge in [-0.2, -0.15) is 0 Å². The van der Waals surface area contributed by atoms with Crippen molar-refractivity contribution in [3.63, 3.8) is 0 Å². The van der Waals surface area contributed by atoms with Crippen LogP contribution in [0.15, 0.2) is 11.6 Å². The van der Waals surface area contributed by atoms with Crippen LogP contribution < -0.4 is 0 Å². The van der Waals surface area contributed by atoms with Gasteiger partial charge in [0.1, 0.15) is 6.29 Å². The maximum atomic E-state index is 10.6. The average molecular weight is 150 g/mol. The van der Waals surface area contributed by atoms with Crippen molar-refractivity contribution < 1.29 is 4.79 Å². The molecule has 60 valence electrons. The summed E-state index contributed by atoms with van der Waals surface area (Å²) in [5.74, 6) is 1.85. The molecule has 1 heteroatoms. The van der Waals surface area contributed by atoms with Gasteiger partial charge in [0.2, 0.25) is 0 Å². The Hall–Kier alpha value is -0.590. The van der Waals surface area contributed by atoms with Crippen molar-refractivity contribution >= 4 is 6.29 Å². The topological polar surface area (TPSA) is 17.1 Å². The van der Waals surface area contributed by atoms with Crippen molar-refractivity contribution in [3.05, 3.63) is 11.6 Å². The predicted molar refractivity (Wildman–Crippen MR) is 44.1 cm³/mol. The summed E-state index contributed by atoms with van der Waals surface area (Å²) in [7, 11) is 0. The average Bonchev–Trinajstić information content (AvgIpc) is 2.60. The number of hydrogen-bond acceptors (Lipinski definition) is 1. The minimum atomic E-state index is 0.392. The lowest BCUT2D eigenvalue weighted by molar-refractivity contribution is -0.112. The van der Waals surface area contributed by atoms with E-state index in [9.17, 15) is 4.79 Å². The minimum Gasteiger partial charge on any atom is -0.303 e. The van der Waals surface area contributed by atoms with Gasteiger partial charge in [0.25, 0.3) is 0 Å². The Morgan fingerprint density at radius 2 is 2.27 bits per heavy atom. The van der Waals surface area contributed by atoms with Crippen molar-refractivity contribution in [2.45, 2.75) is 26.2 Å². The maximum Gasteiger partial charge on any atom is 0.123 e. The molecule has 0 saturated heterocycles. The lowest BCUT2D eigenvalue weighted by atomic mass is 9.87. The van der Waals surface area contributed by atoms with Crippen LogP contribution in [0.25, 0.3) is 0 Å².